The van der Waals surface area contributed by atoms with Gasteiger partial charge in [-0.25, -0.2) is 14.6 Å². The number of aromatic amines is 1. The van der Waals surface area contributed by atoms with E-state index in [4.69, 9.17) is 24.8 Å². The Kier molecular flexibility index (Phi) is 10.5. The van der Waals surface area contributed by atoms with Gasteiger partial charge >= 0.3 is 24.3 Å². The molecule has 2 aromatic rings. The number of likely N-dealkylation sites (N-methyl/N-ethyl adjacent to an activating group) is 1. The van der Waals surface area contributed by atoms with Gasteiger partial charge in [0.25, 0.3) is 0 Å². The van der Waals surface area contributed by atoms with E-state index >= 15 is 0 Å². The number of hydrogen-bond acceptors (Lipinski definition) is 5. The number of aryl methyl sites for hydroxylation is 1. The fourth-order valence-corrected chi connectivity index (χ4v) is 2.60. The summed E-state index contributed by atoms with van der Waals surface area (Å²) in [6, 6.07) is 10.3. The first-order chi connectivity index (χ1) is 15.6. The predicted molar refractivity (Wildman–Crippen MR) is 109 cm³/mol. The number of aromatic nitrogens is 2. The topological polar surface area (TPSA) is 110 Å². The molecule has 14 heteroatoms. The van der Waals surface area contributed by atoms with Crippen LogP contribution in [0, 0.1) is 6.92 Å². The molecule has 1 saturated heterocycles. The highest BCUT2D eigenvalue weighted by Crippen LogP contribution is 2.19. The van der Waals surface area contributed by atoms with Crippen molar-refractivity contribution in [1.29, 1.82) is 0 Å². The minimum Gasteiger partial charge on any atom is -0.475 e. The summed E-state index contributed by atoms with van der Waals surface area (Å²) in [6.07, 6.45) is -10.2. The molecule has 2 heterocycles. The lowest BCUT2D eigenvalue weighted by Crippen LogP contribution is -2.44. The van der Waals surface area contributed by atoms with Crippen molar-refractivity contribution in [1.82, 2.24) is 19.8 Å². The molecule has 1 aliphatic rings. The Bertz CT molecular complexity index is 899. The summed E-state index contributed by atoms with van der Waals surface area (Å²) in [5.74, 6) is -4.53. The van der Waals surface area contributed by atoms with Crippen molar-refractivity contribution in [3.05, 3.63) is 41.7 Å². The molecule has 1 aromatic heterocycles. The fourth-order valence-electron chi connectivity index (χ4n) is 2.60. The molecular weight excluding hydrogens is 474 g/mol. The zero-order valence-corrected chi connectivity index (χ0v) is 18.2. The summed E-state index contributed by atoms with van der Waals surface area (Å²) in [7, 11) is 2.19. The van der Waals surface area contributed by atoms with Crippen molar-refractivity contribution in [3.8, 4) is 11.4 Å². The second-order valence-electron chi connectivity index (χ2n) is 7.21. The third-order valence-electron chi connectivity index (χ3n) is 4.49. The summed E-state index contributed by atoms with van der Waals surface area (Å²) >= 11 is 0. The Hall–Kier alpha value is -3.13. The molecule has 3 rings (SSSR count). The van der Waals surface area contributed by atoms with E-state index in [2.05, 4.69) is 40.9 Å². The van der Waals surface area contributed by atoms with Gasteiger partial charge in [-0.3, -0.25) is 4.90 Å². The zero-order valence-electron chi connectivity index (χ0n) is 18.2. The number of carboxylic acid groups (broad SMARTS) is 2. The molecule has 0 radical (unpaired) electrons. The minimum atomic E-state index is -5.08. The Morgan fingerprint density at radius 3 is 1.79 bits per heavy atom. The van der Waals surface area contributed by atoms with E-state index in [0.29, 0.717) is 0 Å². The van der Waals surface area contributed by atoms with Gasteiger partial charge in [0.05, 0.1) is 5.69 Å². The Morgan fingerprint density at radius 1 is 0.941 bits per heavy atom. The predicted octanol–water partition coefficient (Wildman–Crippen LogP) is 3.40. The number of alkyl halides is 6. The van der Waals surface area contributed by atoms with Gasteiger partial charge in [-0.05, 0) is 14.0 Å². The highest BCUT2D eigenvalue weighted by molar-refractivity contribution is 5.73. The molecule has 0 bridgehead atoms. The smallest absolute Gasteiger partial charge is 0.475 e. The van der Waals surface area contributed by atoms with E-state index in [1.807, 2.05) is 18.2 Å². The largest absolute Gasteiger partial charge is 0.490 e. The molecule has 3 N–H and O–H groups in total. The van der Waals surface area contributed by atoms with Crippen molar-refractivity contribution in [3.63, 3.8) is 0 Å². The standard InChI is InChI=1S/C16H22N4.2C2HF3O2/c1-13-15(12-20-10-8-19(2)9-11-20)18-16(17-13)14-6-4-3-5-7-14;2*3-2(4,5)1(6)7/h3-7H,8-12H2,1-2H3,(H,17,18);2*(H,6,7). The van der Waals surface area contributed by atoms with Crippen molar-refractivity contribution in [2.45, 2.75) is 25.8 Å². The van der Waals surface area contributed by atoms with Crippen LogP contribution in [-0.2, 0) is 16.1 Å². The van der Waals surface area contributed by atoms with E-state index < -0.39 is 24.3 Å². The number of rotatable bonds is 3. The maximum absolute atomic E-state index is 10.6. The third-order valence-corrected chi connectivity index (χ3v) is 4.49. The number of H-pyrrole nitrogens is 1. The summed E-state index contributed by atoms with van der Waals surface area (Å²) in [5.41, 5.74) is 3.51. The lowest BCUT2D eigenvalue weighted by molar-refractivity contribution is -0.193. The van der Waals surface area contributed by atoms with E-state index in [1.54, 1.807) is 0 Å². The molecule has 190 valence electrons. The van der Waals surface area contributed by atoms with Crippen LogP contribution >= 0.6 is 0 Å². The molecule has 8 nitrogen and oxygen atoms in total. The molecule has 0 aliphatic carbocycles. The van der Waals surface area contributed by atoms with Crippen molar-refractivity contribution in [2.24, 2.45) is 0 Å². The Balaban J connectivity index is 0.000000343. The maximum atomic E-state index is 10.6. The fraction of sp³-hybridized carbons (Fsp3) is 0.450. The highest BCUT2D eigenvalue weighted by atomic mass is 19.4. The monoisotopic (exact) mass is 498 g/mol. The molecule has 0 spiro atoms. The summed E-state index contributed by atoms with van der Waals surface area (Å²) in [6.45, 7) is 7.62. The molecule has 0 amide bonds. The number of halogens is 6. The van der Waals surface area contributed by atoms with E-state index in [1.165, 1.54) is 11.4 Å². The minimum absolute atomic E-state index is 0.947. The second kappa shape index (κ2) is 12.4. The maximum Gasteiger partial charge on any atom is 0.490 e. The number of benzene rings is 1. The first-order valence-corrected chi connectivity index (χ1v) is 9.73. The van der Waals surface area contributed by atoms with Crippen molar-refractivity contribution < 1.29 is 46.1 Å². The second-order valence-corrected chi connectivity index (χ2v) is 7.21. The lowest BCUT2D eigenvalue weighted by Gasteiger charge is -2.31. The third kappa shape index (κ3) is 10.2. The van der Waals surface area contributed by atoms with Crippen molar-refractivity contribution >= 4 is 11.9 Å². The summed E-state index contributed by atoms with van der Waals surface area (Å²) < 4.78 is 63.5. The molecule has 0 unspecified atom stereocenters. The molecular formula is C20H24F6N4O4. The normalized spacial score (nSPS) is 14.9. The number of imidazole rings is 1. The molecule has 1 aliphatic heterocycles. The van der Waals surface area contributed by atoms with Crippen LogP contribution in [0.1, 0.15) is 11.4 Å². The van der Waals surface area contributed by atoms with Crippen LogP contribution in [0.3, 0.4) is 0 Å². The first kappa shape index (κ1) is 28.9. The lowest BCUT2D eigenvalue weighted by atomic mass is 10.2. The number of hydrogen-bond donors (Lipinski definition) is 3. The van der Waals surface area contributed by atoms with Crippen LogP contribution in [0.5, 0.6) is 0 Å². The molecule has 0 saturated carbocycles. The Morgan fingerprint density at radius 2 is 1.38 bits per heavy atom. The van der Waals surface area contributed by atoms with Gasteiger partial charge in [0.15, 0.2) is 0 Å². The zero-order chi connectivity index (χ0) is 26.1. The average molecular weight is 498 g/mol. The molecule has 34 heavy (non-hydrogen) atoms. The number of piperazine rings is 1. The quantitative estimate of drug-likeness (QED) is 0.557. The van der Waals surface area contributed by atoms with Crippen LogP contribution < -0.4 is 0 Å². The van der Waals surface area contributed by atoms with Crippen LogP contribution in [0.4, 0.5) is 26.3 Å². The van der Waals surface area contributed by atoms with E-state index in [9.17, 15) is 26.3 Å². The van der Waals surface area contributed by atoms with Crippen LogP contribution in [-0.4, -0.2) is 87.5 Å². The summed E-state index contributed by atoms with van der Waals surface area (Å²) in [5, 5.41) is 14.2. The molecule has 0 atom stereocenters. The number of nitrogens with zero attached hydrogens (tertiary/aromatic N) is 3. The number of carbonyl (C=O) groups is 2. The van der Waals surface area contributed by atoms with E-state index in [-0.39, 0.29) is 0 Å². The van der Waals surface area contributed by atoms with Crippen LogP contribution in [0.25, 0.3) is 11.4 Å². The average Bonchev–Trinajstić information content (AvgIpc) is 3.10. The number of carboxylic acids is 2. The Labute approximate surface area is 190 Å². The SMILES string of the molecule is Cc1[nH]c(-c2ccccc2)nc1CN1CCN(C)CC1.O=C(O)C(F)(F)F.O=C(O)C(F)(F)F. The van der Waals surface area contributed by atoms with Gasteiger partial charge in [0, 0.05) is 44.0 Å². The first-order valence-electron chi connectivity index (χ1n) is 9.73. The van der Waals surface area contributed by atoms with Gasteiger partial charge in [-0.1, -0.05) is 30.3 Å². The van der Waals surface area contributed by atoms with Crippen molar-refractivity contribution in [2.75, 3.05) is 33.2 Å². The van der Waals surface area contributed by atoms with Gasteiger partial charge in [-0.15, -0.1) is 0 Å². The molecule has 1 aromatic carbocycles. The highest BCUT2D eigenvalue weighted by Gasteiger charge is 2.38. The van der Waals surface area contributed by atoms with Gasteiger partial charge in [0.2, 0.25) is 0 Å². The molecule has 1 fully saturated rings. The van der Waals surface area contributed by atoms with Gasteiger partial charge < -0.3 is 20.1 Å². The van der Waals surface area contributed by atoms with Gasteiger partial charge in [-0.2, -0.15) is 26.3 Å². The van der Waals surface area contributed by atoms with Gasteiger partial charge in [0.1, 0.15) is 5.82 Å². The number of aliphatic carboxylic acids is 2. The van der Waals surface area contributed by atoms with E-state index in [0.717, 1.165) is 44.1 Å². The summed E-state index contributed by atoms with van der Waals surface area (Å²) in [4.78, 5) is 30.8. The number of nitrogens with one attached hydrogen (secondary N) is 1. The van der Waals surface area contributed by atoms with Crippen LogP contribution in [0.15, 0.2) is 30.3 Å². The van der Waals surface area contributed by atoms with Crippen LogP contribution in [0.2, 0.25) is 0 Å².